The Bertz CT molecular complexity index is 1070. The van der Waals surface area contributed by atoms with Gasteiger partial charge in [0.05, 0.1) is 11.4 Å². The molecule has 2 aromatic carbocycles. The Hall–Kier alpha value is -3.44. The van der Waals surface area contributed by atoms with E-state index in [0.29, 0.717) is 33.6 Å². The lowest BCUT2D eigenvalue weighted by atomic mass is 10.1. The number of aromatic nitrogens is 2. The van der Waals surface area contributed by atoms with Crippen LogP contribution in [0.4, 0.5) is 14.5 Å². The molecule has 3 rings (SSSR count). The van der Waals surface area contributed by atoms with Crippen molar-refractivity contribution in [3.63, 3.8) is 0 Å². The summed E-state index contributed by atoms with van der Waals surface area (Å²) in [6, 6.07) is 17.4. The summed E-state index contributed by atoms with van der Waals surface area (Å²) in [7, 11) is 0. The SMILES string of the molecule is Cc1nn(-c2ccccc2)cc1/C=C(/C#N)C(=O)Nc1ccc(SC(F)F)cc1. The number of rotatable bonds is 6. The highest BCUT2D eigenvalue weighted by molar-refractivity contribution is 7.99. The minimum Gasteiger partial charge on any atom is -0.321 e. The summed E-state index contributed by atoms with van der Waals surface area (Å²) in [5, 5.41) is 16.4. The predicted octanol–water partition coefficient (Wildman–Crippen LogP) is 5.04. The zero-order chi connectivity index (χ0) is 20.8. The molecule has 0 aliphatic carbocycles. The Kier molecular flexibility index (Phi) is 6.42. The monoisotopic (exact) mass is 410 g/mol. The molecule has 5 nitrogen and oxygen atoms in total. The standard InChI is InChI=1S/C21H16F2N4OS/c1-14-16(13-27(26-14)18-5-3-2-4-6-18)11-15(12-24)20(28)25-17-7-9-19(10-8-17)29-21(22)23/h2-11,13,21H,1H3,(H,25,28)/b15-11-. The van der Waals surface area contributed by atoms with Crippen LogP contribution in [-0.4, -0.2) is 21.4 Å². The molecule has 8 heteroatoms. The Labute approximate surface area is 170 Å². The highest BCUT2D eigenvalue weighted by Crippen LogP contribution is 2.26. The minimum atomic E-state index is -2.51. The molecule has 0 bridgehead atoms. The Balaban J connectivity index is 1.77. The first-order chi connectivity index (χ1) is 14.0. The highest BCUT2D eigenvalue weighted by Gasteiger charge is 2.13. The van der Waals surface area contributed by atoms with E-state index in [1.165, 1.54) is 30.3 Å². The number of nitrogens with zero attached hydrogens (tertiary/aromatic N) is 3. The van der Waals surface area contributed by atoms with E-state index in [1.807, 2.05) is 36.4 Å². The fraction of sp³-hybridized carbons (Fsp3) is 0.0952. The number of nitrogens with one attached hydrogen (secondary N) is 1. The van der Waals surface area contributed by atoms with Gasteiger partial charge in [0.1, 0.15) is 11.6 Å². The van der Waals surface area contributed by atoms with Crippen molar-refractivity contribution < 1.29 is 13.6 Å². The summed E-state index contributed by atoms with van der Waals surface area (Å²) in [4.78, 5) is 12.8. The number of para-hydroxylation sites is 1. The Morgan fingerprint density at radius 3 is 2.52 bits per heavy atom. The summed E-state index contributed by atoms with van der Waals surface area (Å²) < 4.78 is 26.4. The van der Waals surface area contributed by atoms with Gasteiger partial charge in [0, 0.05) is 22.3 Å². The number of hydrogen-bond acceptors (Lipinski definition) is 4. The van der Waals surface area contributed by atoms with E-state index in [2.05, 4.69) is 10.4 Å². The summed E-state index contributed by atoms with van der Waals surface area (Å²) in [5.41, 5.74) is 2.49. The number of anilines is 1. The molecule has 0 atom stereocenters. The molecular weight excluding hydrogens is 394 g/mol. The fourth-order valence-electron chi connectivity index (χ4n) is 2.55. The van der Waals surface area contributed by atoms with Crippen LogP contribution >= 0.6 is 11.8 Å². The maximum atomic E-state index is 12.4. The number of thioether (sulfide) groups is 1. The maximum absolute atomic E-state index is 12.4. The second-order valence-corrected chi connectivity index (χ2v) is 7.04. The van der Waals surface area contributed by atoms with E-state index in [-0.39, 0.29) is 5.57 Å². The Morgan fingerprint density at radius 2 is 1.90 bits per heavy atom. The largest absolute Gasteiger partial charge is 0.321 e. The van der Waals surface area contributed by atoms with Crippen molar-refractivity contribution in [2.75, 3.05) is 5.32 Å². The van der Waals surface area contributed by atoms with Crippen LogP contribution in [0.3, 0.4) is 0 Å². The normalized spacial score (nSPS) is 11.3. The molecule has 0 fully saturated rings. The number of carbonyl (C=O) groups is 1. The van der Waals surface area contributed by atoms with Gasteiger partial charge in [0.15, 0.2) is 0 Å². The van der Waals surface area contributed by atoms with Crippen LogP contribution in [0.2, 0.25) is 0 Å². The number of aryl methyl sites for hydroxylation is 1. The topological polar surface area (TPSA) is 70.7 Å². The van der Waals surface area contributed by atoms with Gasteiger partial charge in [-0.1, -0.05) is 30.0 Å². The quantitative estimate of drug-likeness (QED) is 0.351. The van der Waals surface area contributed by atoms with Crippen LogP contribution in [0.5, 0.6) is 0 Å². The molecule has 1 aromatic heterocycles. The van der Waals surface area contributed by atoms with Gasteiger partial charge in [-0.2, -0.15) is 19.1 Å². The van der Waals surface area contributed by atoms with Gasteiger partial charge in [0.25, 0.3) is 11.7 Å². The molecule has 1 N–H and O–H groups in total. The van der Waals surface area contributed by atoms with Crippen LogP contribution in [0.15, 0.2) is 71.3 Å². The third kappa shape index (κ3) is 5.30. The smallest absolute Gasteiger partial charge is 0.288 e. The first-order valence-electron chi connectivity index (χ1n) is 8.56. The average molecular weight is 410 g/mol. The number of hydrogen-bond donors (Lipinski definition) is 1. The molecule has 0 aliphatic rings. The van der Waals surface area contributed by atoms with Crippen LogP contribution in [-0.2, 0) is 4.79 Å². The van der Waals surface area contributed by atoms with Crippen LogP contribution in [0.1, 0.15) is 11.3 Å². The second-order valence-electron chi connectivity index (χ2n) is 5.98. The van der Waals surface area contributed by atoms with E-state index < -0.39 is 11.7 Å². The lowest BCUT2D eigenvalue weighted by Gasteiger charge is -2.05. The van der Waals surface area contributed by atoms with E-state index in [4.69, 9.17) is 0 Å². The molecule has 0 radical (unpaired) electrons. The first kappa shape index (κ1) is 20.3. The molecule has 1 amide bonds. The lowest BCUT2D eigenvalue weighted by Crippen LogP contribution is -2.13. The molecule has 29 heavy (non-hydrogen) atoms. The number of nitriles is 1. The molecule has 0 spiro atoms. The molecule has 0 aliphatic heterocycles. The van der Waals surface area contributed by atoms with Crippen LogP contribution in [0, 0.1) is 18.3 Å². The molecule has 1 heterocycles. The van der Waals surface area contributed by atoms with E-state index >= 15 is 0 Å². The number of carbonyl (C=O) groups excluding carboxylic acids is 1. The molecular formula is C21H16F2N4OS. The molecule has 3 aromatic rings. The third-order valence-corrected chi connectivity index (χ3v) is 4.68. The third-order valence-electron chi connectivity index (χ3n) is 3.96. The van der Waals surface area contributed by atoms with Gasteiger partial charge in [-0.05, 0) is 49.4 Å². The van der Waals surface area contributed by atoms with Crippen molar-refractivity contribution in [2.45, 2.75) is 17.6 Å². The van der Waals surface area contributed by atoms with Gasteiger partial charge in [-0.3, -0.25) is 4.79 Å². The number of halogens is 2. The molecule has 0 saturated heterocycles. The van der Waals surface area contributed by atoms with Crippen molar-refractivity contribution in [1.29, 1.82) is 5.26 Å². The van der Waals surface area contributed by atoms with Crippen molar-refractivity contribution in [3.8, 4) is 11.8 Å². The van der Waals surface area contributed by atoms with Crippen LogP contribution < -0.4 is 5.32 Å². The average Bonchev–Trinajstić information content (AvgIpc) is 3.08. The summed E-state index contributed by atoms with van der Waals surface area (Å²) >= 11 is 0.422. The zero-order valence-electron chi connectivity index (χ0n) is 15.3. The van der Waals surface area contributed by atoms with E-state index in [0.717, 1.165) is 5.69 Å². The fourth-order valence-corrected chi connectivity index (χ4v) is 3.05. The van der Waals surface area contributed by atoms with Gasteiger partial charge in [-0.15, -0.1) is 0 Å². The lowest BCUT2D eigenvalue weighted by molar-refractivity contribution is -0.112. The number of alkyl halides is 2. The Morgan fingerprint density at radius 1 is 1.21 bits per heavy atom. The van der Waals surface area contributed by atoms with Gasteiger partial charge < -0.3 is 5.32 Å². The summed E-state index contributed by atoms with van der Waals surface area (Å²) in [5.74, 6) is -3.10. The molecule has 0 unspecified atom stereocenters. The first-order valence-corrected chi connectivity index (χ1v) is 9.44. The minimum absolute atomic E-state index is 0.0910. The highest BCUT2D eigenvalue weighted by atomic mass is 32.2. The van der Waals surface area contributed by atoms with Crippen molar-refractivity contribution in [2.24, 2.45) is 0 Å². The maximum Gasteiger partial charge on any atom is 0.288 e. The van der Waals surface area contributed by atoms with Crippen LogP contribution in [0.25, 0.3) is 11.8 Å². The summed E-state index contributed by atoms with van der Waals surface area (Å²) in [6.07, 6.45) is 3.21. The second kappa shape index (κ2) is 9.17. The zero-order valence-corrected chi connectivity index (χ0v) is 16.2. The molecule has 0 saturated carbocycles. The number of amides is 1. The van der Waals surface area contributed by atoms with Crippen molar-refractivity contribution in [1.82, 2.24) is 9.78 Å². The van der Waals surface area contributed by atoms with Gasteiger partial charge >= 0.3 is 0 Å². The molecule has 146 valence electrons. The van der Waals surface area contributed by atoms with Gasteiger partial charge in [-0.25, -0.2) is 4.68 Å². The summed E-state index contributed by atoms with van der Waals surface area (Å²) in [6.45, 7) is 1.79. The van der Waals surface area contributed by atoms with Gasteiger partial charge in [0.2, 0.25) is 0 Å². The number of benzene rings is 2. The predicted molar refractivity (Wildman–Crippen MR) is 109 cm³/mol. The van der Waals surface area contributed by atoms with E-state index in [1.54, 1.807) is 17.8 Å². The van der Waals surface area contributed by atoms with Crippen molar-refractivity contribution >= 4 is 29.4 Å². The van der Waals surface area contributed by atoms with E-state index in [9.17, 15) is 18.8 Å². The van der Waals surface area contributed by atoms with Crippen molar-refractivity contribution in [3.05, 3.63) is 77.6 Å².